The Balaban J connectivity index is 2.27. The monoisotopic (exact) mass is 307 g/mol. The molecule has 4 atom stereocenters. The van der Waals surface area contributed by atoms with E-state index < -0.39 is 0 Å². The van der Waals surface area contributed by atoms with Crippen molar-refractivity contribution in [2.75, 3.05) is 12.4 Å². The van der Waals surface area contributed by atoms with Crippen LogP contribution >= 0.6 is 11.6 Å². The van der Waals surface area contributed by atoms with Gasteiger partial charge in [-0.25, -0.2) is 0 Å². The van der Waals surface area contributed by atoms with Gasteiger partial charge in [0.15, 0.2) is 0 Å². The molecule has 2 rings (SSSR count). The maximum absolute atomic E-state index is 13.1. The molecule has 0 N–H and O–H groups in total. The zero-order chi connectivity index (χ0) is 15.4. The average molecular weight is 308 g/mol. The van der Waals surface area contributed by atoms with E-state index in [2.05, 4.69) is 32.9 Å². The predicted molar refractivity (Wildman–Crippen MR) is 88.6 cm³/mol. The summed E-state index contributed by atoms with van der Waals surface area (Å²) < 4.78 is 0. The summed E-state index contributed by atoms with van der Waals surface area (Å²) in [4.78, 5) is 15.2. The van der Waals surface area contributed by atoms with E-state index in [1.165, 1.54) is 0 Å². The zero-order valence-corrected chi connectivity index (χ0v) is 14.0. The van der Waals surface area contributed by atoms with Gasteiger partial charge in [0.2, 0.25) is 5.91 Å². The Morgan fingerprint density at radius 3 is 2.62 bits per heavy atom. The summed E-state index contributed by atoms with van der Waals surface area (Å²) in [6.07, 6.45) is 2.06. The number of rotatable bonds is 5. The first-order valence-electron chi connectivity index (χ1n) is 8.01. The van der Waals surface area contributed by atoms with Crippen LogP contribution in [0.2, 0.25) is 0 Å². The fourth-order valence-electron chi connectivity index (χ4n) is 3.31. The number of alkyl halides is 1. The molecule has 0 aromatic heterocycles. The quantitative estimate of drug-likeness (QED) is 0.743. The van der Waals surface area contributed by atoms with Crippen molar-refractivity contribution < 1.29 is 4.79 Å². The second kappa shape index (κ2) is 7.31. The fourth-order valence-corrected chi connectivity index (χ4v) is 3.78. The van der Waals surface area contributed by atoms with Crippen LogP contribution in [0.3, 0.4) is 0 Å². The highest BCUT2D eigenvalue weighted by molar-refractivity contribution is 6.18. The Hall–Kier alpha value is -1.02. The third-order valence-electron chi connectivity index (χ3n) is 4.96. The van der Waals surface area contributed by atoms with E-state index in [1.807, 2.05) is 23.1 Å². The average Bonchev–Trinajstić information content (AvgIpc) is 2.89. The molecule has 0 aliphatic carbocycles. The summed E-state index contributed by atoms with van der Waals surface area (Å²) in [6.45, 7) is 7.36. The molecule has 116 valence electrons. The topological polar surface area (TPSA) is 20.3 Å². The number of amides is 1. The highest BCUT2D eigenvalue weighted by atomic mass is 35.5. The van der Waals surface area contributed by atoms with E-state index in [0.29, 0.717) is 17.7 Å². The molecule has 3 heteroatoms. The number of benzene rings is 1. The van der Waals surface area contributed by atoms with Gasteiger partial charge in [0, 0.05) is 18.5 Å². The van der Waals surface area contributed by atoms with Gasteiger partial charge in [-0.2, -0.15) is 0 Å². The van der Waals surface area contributed by atoms with Crippen molar-refractivity contribution in [1.82, 2.24) is 4.90 Å². The van der Waals surface area contributed by atoms with Crippen molar-refractivity contribution in [3.05, 3.63) is 35.9 Å². The maximum atomic E-state index is 13.1. The number of carbonyl (C=O) groups excluding carboxylic acids is 1. The molecule has 4 unspecified atom stereocenters. The molecule has 1 saturated heterocycles. The molecule has 0 saturated carbocycles. The number of hydrogen-bond acceptors (Lipinski definition) is 1. The van der Waals surface area contributed by atoms with Gasteiger partial charge in [-0.1, -0.05) is 57.5 Å². The Morgan fingerprint density at radius 2 is 2.05 bits per heavy atom. The molecule has 1 aromatic carbocycles. The molecule has 1 aromatic rings. The van der Waals surface area contributed by atoms with Crippen molar-refractivity contribution in [3.8, 4) is 0 Å². The highest BCUT2D eigenvalue weighted by Gasteiger charge is 2.38. The van der Waals surface area contributed by atoms with Gasteiger partial charge in [0.25, 0.3) is 0 Å². The van der Waals surface area contributed by atoms with Crippen molar-refractivity contribution >= 4 is 17.5 Å². The van der Waals surface area contributed by atoms with Gasteiger partial charge in [0.05, 0.1) is 5.92 Å². The maximum Gasteiger partial charge on any atom is 0.230 e. The summed E-state index contributed by atoms with van der Waals surface area (Å²) in [5.41, 5.74) is 1.13. The smallest absolute Gasteiger partial charge is 0.230 e. The number of hydrogen-bond donors (Lipinski definition) is 0. The van der Waals surface area contributed by atoms with E-state index in [1.54, 1.807) is 0 Å². The lowest BCUT2D eigenvalue weighted by molar-refractivity contribution is -0.134. The fraction of sp³-hybridized carbons (Fsp3) is 0.611. The molecule has 0 radical (unpaired) electrons. The first-order valence-corrected chi connectivity index (χ1v) is 8.55. The number of nitrogens with zero attached hydrogens (tertiary/aromatic N) is 1. The second-order valence-corrected chi connectivity index (χ2v) is 6.60. The summed E-state index contributed by atoms with van der Waals surface area (Å²) in [5, 5.41) is 0. The second-order valence-electron chi connectivity index (χ2n) is 6.29. The predicted octanol–water partition coefficient (Wildman–Crippen LogP) is 4.29. The van der Waals surface area contributed by atoms with E-state index in [-0.39, 0.29) is 17.9 Å². The standard InChI is InChI=1S/C18H26ClNO/c1-4-13(2)17(15-8-6-5-7-9-15)18(21)20-11-10-14(3)16(20)12-19/h5-9,13-14,16-17H,4,10-12H2,1-3H3. The van der Waals surface area contributed by atoms with Gasteiger partial charge in [-0.15, -0.1) is 11.6 Å². The van der Waals surface area contributed by atoms with Crippen LogP contribution in [0.5, 0.6) is 0 Å². The van der Waals surface area contributed by atoms with Crippen LogP contribution < -0.4 is 0 Å². The number of halogens is 1. The molecule has 1 amide bonds. The van der Waals surface area contributed by atoms with Gasteiger partial charge in [0.1, 0.15) is 0 Å². The van der Waals surface area contributed by atoms with Crippen LogP contribution in [0, 0.1) is 11.8 Å². The van der Waals surface area contributed by atoms with Gasteiger partial charge in [-0.05, 0) is 23.8 Å². The van der Waals surface area contributed by atoms with Crippen molar-refractivity contribution in [2.45, 2.75) is 45.6 Å². The third-order valence-corrected chi connectivity index (χ3v) is 5.28. The summed E-state index contributed by atoms with van der Waals surface area (Å²) in [6, 6.07) is 10.4. The normalized spacial score (nSPS) is 24.9. The first kappa shape index (κ1) is 16.4. The molecule has 1 aliphatic heterocycles. The largest absolute Gasteiger partial charge is 0.338 e. The van der Waals surface area contributed by atoms with Gasteiger partial charge < -0.3 is 4.90 Å². The summed E-state index contributed by atoms with van der Waals surface area (Å²) >= 11 is 6.11. The Labute approximate surface area is 133 Å². The molecular formula is C18H26ClNO. The van der Waals surface area contributed by atoms with Gasteiger partial charge >= 0.3 is 0 Å². The Kier molecular flexibility index (Phi) is 5.69. The van der Waals surface area contributed by atoms with E-state index in [0.717, 1.165) is 24.9 Å². The van der Waals surface area contributed by atoms with Crippen LogP contribution in [0.25, 0.3) is 0 Å². The Bertz CT molecular complexity index is 462. The number of likely N-dealkylation sites (tertiary alicyclic amines) is 1. The minimum atomic E-state index is -0.0489. The first-order chi connectivity index (χ1) is 10.1. The van der Waals surface area contributed by atoms with Crippen LogP contribution in [0.1, 0.15) is 45.1 Å². The molecule has 0 spiro atoms. The lowest BCUT2D eigenvalue weighted by atomic mass is 9.84. The molecule has 1 fully saturated rings. The highest BCUT2D eigenvalue weighted by Crippen LogP contribution is 2.33. The number of carbonyl (C=O) groups is 1. The Morgan fingerprint density at radius 1 is 1.38 bits per heavy atom. The molecular weight excluding hydrogens is 282 g/mol. The van der Waals surface area contributed by atoms with Crippen LogP contribution in [-0.4, -0.2) is 29.3 Å². The van der Waals surface area contributed by atoms with E-state index in [9.17, 15) is 4.79 Å². The van der Waals surface area contributed by atoms with Crippen LogP contribution in [-0.2, 0) is 4.79 Å². The van der Waals surface area contributed by atoms with Crippen molar-refractivity contribution in [2.24, 2.45) is 11.8 Å². The lowest BCUT2D eigenvalue weighted by Gasteiger charge is -2.32. The van der Waals surface area contributed by atoms with E-state index in [4.69, 9.17) is 11.6 Å². The summed E-state index contributed by atoms with van der Waals surface area (Å²) in [5.74, 6) is 1.58. The van der Waals surface area contributed by atoms with Crippen molar-refractivity contribution in [3.63, 3.8) is 0 Å². The minimum absolute atomic E-state index is 0.0489. The third kappa shape index (κ3) is 3.42. The molecule has 1 heterocycles. The molecule has 2 nitrogen and oxygen atoms in total. The van der Waals surface area contributed by atoms with Crippen LogP contribution in [0.4, 0.5) is 0 Å². The minimum Gasteiger partial charge on any atom is -0.338 e. The molecule has 1 aliphatic rings. The van der Waals surface area contributed by atoms with Crippen LogP contribution in [0.15, 0.2) is 30.3 Å². The summed E-state index contributed by atoms with van der Waals surface area (Å²) in [7, 11) is 0. The SMILES string of the molecule is CCC(C)C(C(=O)N1CCC(C)C1CCl)c1ccccc1. The zero-order valence-electron chi connectivity index (χ0n) is 13.3. The van der Waals surface area contributed by atoms with Crippen molar-refractivity contribution in [1.29, 1.82) is 0 Å². The molecule has 0 bridgehead atoms. The van der Waals surface area contributed by atoms with E-state index >= 15 is 0 Å². The molecule has 21 heavy (non-hydrogen) atoms. The van der Waals surface area contributed by atoms with Gasteiger partial charge in [-0.3, -0.25) is 4.79 Å². The lowest BCUT2D eigenvalue weighted by Crippen LogP contribution is -2.42.